The van der Waals surface area contributed by atoms with Crippen LogP contribution in [0.4, 0.5) is 0 Å². The Balaban J connectivity index is 2.17. The van der Waals surface area contributed by atoms with Gasteiger partial charge in [0.1, 0.15) is 12.0 Å². The number of carboxylic acids is 1. The second kappa shape index (κ2) is 5.64. The second-order valence-corrected chi connectivity index (χ2v) is 5.57. The van der Waals surface area contributed by atoms with E-state index in [0.29, 0.717) is 28.0 Å². The zero-order chi connectivity index (χ0) is 16.6. The molecular formula is C17H15N3O3. The second-order valence-electron chi connectivity index (χ2n) is 5.57. The number of rotatable bonds is 4. The molecule has 0 amide bonds. The molecule has 2 N–H and O–H groups in total. The molecule has 0 aliphatic carbocycles. The lowest BCUT2D eigenvalue weighted by molar-refractivity contribution is 0.0696. The first-order chi connectivity index (χ1) is 11.0. The fraction of sp³-hybridized carbons (Fsp3) is 0.176. The summed E-state index contributed by atoms with van der Waals surface area (Å²) in [5, 5.41) is 9.82. The molecule has 2 aromatic heterocycles. The maximum absolute atomic E-state index is 12.1. The largest absolute Gasteiger partial charge is 0.478 e. The van der Waals surface area contributed by atoms with Gasteiger partial charge in [0.25, 0.3) is 0 Å². The van der Waals surface area contributed by atoms with E-state index >= 15 is 0 Å². The quantitative estimate of drug-likeness (QED) is 0.722. The number of benzene rings is 1. The average Bonchev–Trinajstić information content (AvgIpc) is 2.97. The number of Topliss-reactive ketones (excluding diaryl/α,β-unsaturated/α-hetero) is 1. The van der Waals surface area contributed by atoms with Crippen molar-refractivity contribution in [2.24, 2.45) is 5.92 Å². The van der Waals surface area contributed by atoms with Gasteiger partial charge >= 0.3 is 5.97 Å². The summed E-state index contributed by atoms with van der Waals surface area (Å²) in [4.78, 5) is 34.7. The van der Waals surface area contributed by atoms with Crippen LogP contribution in [0.3, 0.4) is 0 Å². The van der Waals surface area contributed by atoms with Gasteiger partial charge in [0, 0.05) is 16.9 Å². The molecule has 0 aliphatic heterocycles. The molecule has 3 rings (SSSR count). The standard InChI is InChI=1S/C17H15N3O3/c1-9(2)15(21)13-7-12-14(18-8-19-16(12)20-13)10-4-3-5-11(6-10)17(22)23/h3-9H,1-2H3,(H,22,23)(H,18,19,20). The number of fused-ring (bicyclic) bond motifs is 1. The number of carbonyl (C=O) groups excluding carboxylic acids is 1. The van der Waals surface area contributed by atoms with Gasteiger partial charge in [-0.05, 0) is 18.2 Å². The maximum Gasteiger partial charge on any atom is 0.335 e. The Morgan fingerprint density at radius 2 is 1.96 bits per heavy atom. The molecule has 0 bridgehead atoms. The topological polar surface area (TPSA) is 95.9 Å². The highest BCUT2D eigenvalue weighted by molar-refractivity contribution is 6.02. The first-order valence-corrected chi connectivity index (χ1v) is 7.19. The van der Waals surface area contributed by atoms with Crippen molar-refractivity contribution in [2.45, 2.75) is 13.8 Å². The molecule has 3 aromatic rings. The van der Waals surface area contributed by atoms with E-state index < -0.39 is 5.97 Å². The van der Waals surface area contributed by atoms with Gasteiger partial charge in [-0.1, -0.05) is 26.0 Å². The molecule has 116 valence electrons. The van der Waals surface area contributed by atoms with Crippen molar-refractivity contribution in [1.82, 2.24) is 15.0 Å². The summed E-state index contributed by atoms with van der Waals surface area (Å²) in [6.07, 6.45) is 1.39. The normalized spacial score (nSPS) is 11.1. The molecule has 23 heavy (non-hydrogen) atoms. The first kappa shape index (κ1) is 14.9. The van der Waals surface area contributed by atoms with Gasteiger partial charge < -0.3 is 10.1 Å². The third-order valence-electron chi connectivity index (χ3n) is 3.60. The SMILES string of the molecule is CC(C)C(=O)c1cc2c(-c3cccc(C(=O)O)c3)ncnc2[nH]1. The number of aromatic amines is 1. The lowest BCUT2D eigenvalue weighted by Gasteiger charge is -2.03. The Morgan fingerprint density at radius 1 is 1.17 bits per heavy atom. The number of aromatic nitrogens is 3. The highest BCUT2D eigenvalue weighted by atomic mass is 16.4. The van der Waals surface area contributed by atoms with E-state index in [-0.39, 0.29) is 17.3 Å². The van der Waals surface area contributed by atoms with E-state index in [0.717, 1.165) is 0 Å². The van der Waals surface area contributed by atoms with Crippen LogP contribution < -0.4 is 0 Å². The predicted molar refractivity (Wildman–Crippen MR) is 85.5 cm³/mol. The molecular weight excluding hydrogens is 294 g/mol. The number of nitrogens with one attached hydrogen (secondary N) is 1. The number of nitrogens with zero attached hydrogens (tertiary/aromatic N) is 2. The van der Waals surface area contributed by atoms with Gasteiger partial charge in [0.15, 0.2) is 5.78 Å². The predicted octanol–water partition coefficient (Wildman–Crippen LogP) is 3.16. The number of aromatic carboxylic acids is 1. The van der Waals surface area contributed by atoms with E-state index in [4.69, 9.17) is 5.11 Å². The summed E-state index contributed by atoms with van der Waals surface area (Å²) in [7, 11) is 0. The van der Waals surface area contributed by atoms with Crippen LogP contribution in [0.2, 0.25) is 0 Å². The molecule has 0 saturated heterocycles. The van der Waals surface area contributed by atoms with Crippen molar-refractivity contribution in [1.29, 1.82) is 0 Å². The van der Waals surface area contributed by atoms with Crippen LogP contribution in [0.5, 0.6) is 0 Å². The summed E-state index contributed by atoms with van der Waals surface area (Å²) >= 11 is 0. The Labute approximate surface area is 132 Å². The van der Waals surface area contributed by atoms with Crippen LogP contribution in [0.1, 0.15) is 34.7 Å². The Hall–Kier alpha value is -3.02. The molecule has 2 heterocycles. The maximum atomic E-state index is 12.1. The zero-order valence-electron chi connectivity index (χ0n) is 12.7. The van der Waals surface area contributed by atoms with Crippen LogP contribution in [-0.4, -0.2) is 31.8 Å². The number of carbonyl (C=O) groups is 2. The highest BCUT2D eigenvalue weighted by Gasteiger charge is 2.17. The van der Waals surface area contributed by atoms with Crippen molar-refractivity contribution in [3.63, 3.8) is 0 Å². The van der Waals surface area contributed by atoms with Gasteiger partial charge in [0.05, 0.1) is 17.0 Å². The summed E-state index contributed by atoms with van der Waals surface area (Å²) in [5.41, 5.74) is 2.48. The number of H-pyrrole nitrogens is 1. The van der Waals surface area contributed by atoms with E-state index in [2.05, 4.69) is 15.0 Å². The van der Waals surface area contributed by atoms with E-state index in [1.54, 1.807) is 24.3 Å². The molecule has 0 unspecified atom stereocenters. The highest BCUT2D eigenvalue weighted by Crippen LogP contribution is 2.27. The van der Waals surface area contributed by atoms with Crippen molar-refractivity contribution in [3.8, 4) is 11.3 Å². The molecule has 0 atom stereocenters. The third kappa shape index (κ3) is 2.70. The zero-order valence-corrected chi connectivity index (χ0v) is 12.7. The molecule has 0 fully saturated rings. The van der Waals surface area contributed by atoms with Gasteiger partial charge in [-0.3, -0.25) is 4.79 Å². The number of ketones is 1. The lowest BCUT2D eigenvalue weighted by atomic mass is 10.0. The minimum Gasteiger partial charge on any atom is -0.478 e. The van der Waals surface area contributed by atoms with Crippen molar-refractivity contribution >= 4 is 22.8 Å². The monoisotopic (exact) mass is 309 g/mol. The van der Waals surface area contributed by atoms with Crippen LogP contribution >= 0.6 is 0 Å². The molecule has 6 nitrogen and oxygen atoms in total. The molecule has 0 saturated carbocycles. The minimum atomic E-state index is -0.998. The molecule has 0 radical (unpaired) electrons. The van der Waals surface area contributed by atoms with Crippen LogP contribution in [0, 0.1) is 5.92 Å². The Bertz CT molecular complexity index is 912. The number of hydrogen-bond acceptors (Lipinski definition) is 4. The third-order valence-corrected chi connectivity index (χ3v) is 3.60. The van der Waals surface area contributed by atoms with Gasteiger partial charge in [-0.2, -0.15) is 0 Å². The van der Waals surface area contributed by atoms with Crippen LogP contribution in [-0.2, 0) is 0 Å². The number of carboxylic acid groups (broad SMARTS) is 1. The van der Waals surface area contributed by atoms with Crippen molar-refractivity contribution < 1.29 is 14.7 Å². The Kier molecular flexibility index (Phi) is 3.65. The van der Waals surface area contributed by atoms with Crippen LogP contribution in [0.25, 0.3) is 22.3 Å². The minimum absolute atomic E-state index is 0.00626. The molecule has 0 spiro atoms. The van der Waals surface area contributed by atoms with Gasteiger partial charge in [-0.25, -0.2) is 14.8 Å². The van der Waals surface area contributed by atoms with Gasteiger partial charge in [0.2, 0.25) is 0 Å². The number of hydrogen-bond donors (Lipinski definition) is 2. The summed E-state index contributed by atoms with van der Waals surface area (Å²) < 4.78 is 0. The molecule has 6 heteroatoms. The molecule has 0 aliphatic rings. The summed E-state index contributed by atoms with van der Waals surface area (Å²) in [6, 6.07) is 8.25. The Morgan fingerprint density at radius 3 is 2.65 bits per heavy atom. The van der Waals surface area contributed by atoms with Crippen LogP contribution in [0.15, 0.2) is 36.7 Å². The summed E-state index contributed by atoms with van der Waals surface area (Å²) in [5.74, 6) is -1.13. The van der Waals surface area contributed by atoms with Crippen molar-refractivity contribution in [3.05, 3.63) is 47.9 Å². The smallest absolute Gasteiger partial charge is 0.335 e. The average molecular weight is 309 g/mol. The molecule has 1 aromatic carbocycles. The van der Waals surface area contributed by atoms with Crippen molar-refractivity contribution in [2.75, 3.05) is 0 Å². The van der Waals surface area contributed by atoms with E-state index in [1.807, 2.05) is 13.8 Å². The van der Waals surface area contributed by atoms with E-state index in [9.17, 15) is 9.59 Å². The first-order valence-electron chi connectivity index (χ1n) is 7.19. The summed E-state index contributed by atoms with van der Waals surface area (Å²) in [6.45, 7) is 3.66. The lowest BCUT2D eigenvalue weighted by Crippen LogP contribution is -2.07. The fourth-order valence-corrected chi connectivity index (χ4v) is 2.41. The fourth-order valence-electron chi connectivity index (χ4n) is 2.41. The van der Waals surface area contributed by atoms with Gasteiger partial charge in [-0.15, -0.1) is 0 Å². The van der Waals surface area contributed by atoms with E-state index in [1.165, 1.54) is 12.4 Å².